The molecule has 2 aromatic carbocycles. The lowest BCUT2D eigenvalue weighted by Crippen LogP contribution is -2.15. The smallest absolute Gasteiger partial charge is 0.337 e. The molecule has 0 radical (unpaired) electrons. The Kier molecular flexibility index (Phi) is 4.00. The fraction of sp³-hybridized carbons (Fsp3) is 0.188. The molecule has 0 bridgehead atoms. The Hall–Kier alpha value is -2.00. The van der Waals surface area contributed by atoms with E-state index in [4.69, 9.17) is 11.6 Å². The van der Waals surface area contributed by atoms with Gasteiger partial charge in [0.25, 0.3) is 0 Å². The summed E-state index contributed by atoms with van der Waals surface area (Å²) < 4.78 is 0. The summed E-state index contributed by atoms with van der Waals surface area (Å²) in [5.74, 6) is -0.987. The molecule has 0 aliphatic heterocycles. The lowest BCUT2D eigenvalue weighted by molar-refractivity contribution is 0.0697. The number of benzene rings is 2. The molecular formula is C16H16ClNO2. The Morgan fingerprint density at radius 2 is 1.75 bits per heavy atom. The Morgan fingerprint density at radius 1 is 1.15 bits per heavy atom. The van der Waals surface area contributed by atoms with Gasteiger partial charge in [0.2, 0.25) is 0 Å². The van der Waals surface area contributed by atoms with Gasteiger partial charge in [-0.3, -0.25) is 0 Å². The number of carboxylic acid groups (broad SMARTS) is 1. The number of anilines is 2. The van der Waals surface area contributed by atoms with E-state index in [-0.39, 0.29) is 5.56 Å². The van der Waals surface area contributed by atoms with Crippen molar-refractivity contribution in [3.05, 3.63) is 58.1 Å². The van der Waals surface area contributed by atoms with Crippen molar-refractivity contribution in [3.63, 3.8) is 0 Å². The first-order valence-corrected chi connectivity index (χ1v) is 6.62. The first-order chi connectivity index (χ1) is 9.40. The zero-order valence-electron chi connectivity index (χ0n) is 11.6. The maximum atomic E-state index is 11.4. The Morgan fingerprint density at radius 3 is 2.30 bits per heavy atom. The minimum absolute atomic E-state index is 0.194. The Labute approximate surface area is 123 Å². The highest BCUT2D eigenvalue weighted by molar-refractivity contribution is 6.34. The van der Waals surface area contributed by atoms with Gasteiger partial charge in [0.15, 0.2) is 0 Å². The van der Waals surface area contributed by atoms with E-state index >= 15 is 0 Å². The van der Waals surface area contributed by atoms with E-state index in [1.807, 2.05) is 37.9 Å². The summed E-state index contributed by atoms with van der Waals surface area (Å²) in [5.41, 5.74) is 3.86. The molecule has 0 fully saturated rings. The van der Waals surface area contributed by atoms with Gasteiger partial charge in [0.1, 0.15) is 0 Å². The van der Waals surface area contributed by atoms with Gasteiger partial charge in [-0.1, -0.05) is 23.7 Å². The van der Waals surface area contributed by atoms with Crippen LogP contribution in [0.3, 0.4) is 0 Å². The molecule has 0 atom stereocenters. The van der Waals surface area contributed by atoms with Crippen molar-refractivity contribution >= 4 is 28.9 Å². The van der Waals surface area contributed by atoms with Gasteiger partial charge < -0.3 is 10.0 Å². The summed E-state index contributed by atoms with van der Waals surface area (Å²) in [6.07, 6.45) is 0. The van der Waals surface area contributed by atoms with Crippen LogP contribution in [-0.4, -0.2) is 18.1 Å². The Balaban J connectivity index is 2.58. The molecule has 0 aliphatic rings. The molecule has 2 aromatic rings. The molecule has 20 heavy (non-hydrogen) atoms. The minimum atomic E-state index is -0.987. The molecule has 104 valence electrons. The average molecular weight is 290 g/mol. The van der Waals surface area contributed by atoms with Gasteiger partial charge in [-0.25, -0.2) is 4.79 Å². The number of nitrogens with zero attached hydrogens (tertiary/aromatic N) is 1. The molecule has 0 saturated heterocycles. The first kappa shape index (κ1) is 14.4. The van der Waals surface area contributed by atoms with E-state index in [0.717, 1.165) is 16.8 Å². The number of para-hydroxylation sites is 1. The second kappa shape index (κ2) is 5.55. The number of rotatable bonds is 3. The van der Waals surface area contributed by atoms with Crippen molar-refractivity contribution in [2.24, 2.45) is 0 Å². The van der Waals surface area contributed by atoms with Crippen LogP contribution in [-0.2, 0) is 0 Å². The van der Waals surface area contributed by atoms with Crippen molar-refractivity contribution in [1.82, 2.24) is 0 Å². The van der Waals surface area contributed by atoms with Crippen LogP contribution < -0.4 is 4.90 Å². The number of carbonyl (C=O) groups is 1. The molecule has 0 aromatic heterocycles. The van der Waals surface area contributed by atoms with Crippen LogP contribution in [0.15, 0.2) is 36.4 Å². The molecule has 1 N–H and O–H groups in total. The number of aromatic carboxylic acids is 1. The van der Waals surface area contributed by atoms with Crippen LogP contribution in [0.4, 0.5) is 11.4 Å². The van der Waals surface area contributed by atoms with Crippen molar-refractivity contribution in [1.29, 1.82) is 0 Å². The number of aryl methyl sites for hydroxylation is 2. The highest BCUT2D eigenvalue weighted by Gasteiger charge is 2.18. The van der Waals surface area contributed by atoms with Crippen LogP contribution in [0.25, 0.3) is 0 Å². The topological polar surface area (TPSA) is 40.5 Å². The zero-order chi connectivity index (χ0) is 14.9. The molecule has 0 aliphatic carbocycles. The zero-order valence-corrected chi connectivity index (χ0v) is 12.4. The monoisotopic (exact) mass is 289 g/mol. The van der Waals surface area contributed by atoms with Gasteiger partial charge in [-0.05, 0) is 49.2 Å². The van der Waals surface area contributed by atoms with Gasteiger partial charge in [-0.2, -0.15) is 0 Å². The molecule has 4 heteroatoms. The van der Waals surface area contributed by atoms with Crippen LogP contribution in [0.2, 0.25) is 5.02 Å². The summed E-state index contributed by atoms with van der Waals surface area (Å²) in [7, 11) is 1.82. The number of hydrogen-bond donors (Lipinski definition) is 1. The molecule has 3 nitrogen and oxygen atoms in total. The predicted octanol–water partition coefficient (Wildman–Crippen LogP) is 4.42. The summed E-state index contributed by atoms with van der Waals surface area (Å²) in [6.45, 7) is 4.02. The first-order valence-electron chi connectivity index (χ1n) is 6.24. The quantitative estimate of drug-likeness (QED) is 0.909. The van der Waals surface area contributed by atoms with Crippen molar-refractivity contribution < 1.29 is 9.90 Å². The minimum Gasteiger partial charge on any atom is -0.478 e. The van der Waals surface area contributed by atoms with E-state index in [0.29, 0.717) is 10.7 Å². The molecular weight excluding hydrogens is 274 g/mol. The number of hydrogen-bond acceptors (Lipinski definition) is 2. The highest BCUT2D eigenvalue weighted by Crippen LogP contribution is 2.34. The third-order valence-electron chi connectivity index (χ3n) is 3.15. The van der Waals surface area contributed by atoms with Gasteiger partial charge in [0, 0.05) is 12.7 Å². The van der Waals surface area contributed by atoms with E-state index in [2.05, 4.69) is 6.07 Å². The average Bonchev–Trinajstić information content (AvgIpc) is 2.36. The van der Waals surface area contributed by atoms with E-state index in [1.165, 1.54) is 0 Å². The third-order valence-corrected chi connectivity index (χ3v) is 3.45. The number of carboxylic acids is 1. The van der Waals surface area contributed by atoms with Gasteiger partial charge >= 0.3 is 5.97 Å². The van der Waals surface area contributed by atoms with E-state index < -0.39 is 5.97 Å². The molecule has 2 rings (SSSR count). The summed E-state index contributed by atoms with van der Waals surface area (Å²) in [6, 6.07) is 11.0. The summed E-state index contributed by atoms with van der Waals surface area (Å²) >= 11 is 6.19. The van der Waals surface area contributed by atoms with Crippen LogP contribution >= 0.6 is 11.6 Å². The molecule has 0 spiro atoms. The lowest BCUT2D eigenvalue weighted by Gasteiger charge is -2.23. The summed E-state index contributed by atoms with van der Waals surface area (Å²) in [5, 5.41) is 9.73. The van der Waals surface area contributed by atoms with Crippen LogP contribution in [0.1, 0.15) is 21.5 Å². The van der Waals surface area contributed by atoms with E-state index in [9.17, 15) is 9.90 Å². The van der Waals surface area contributed by atoms with Crippen molar-refractivity contribution in [2.75, 3.05) is 11.9 Å². The lowest BCUT2D eigenvalue weighted by atomic mass is 10.1. The SMILES string of the molecule is Cc1cc(C)cc(N(C)c2c(Cl)cccc2C(=O)O)c1. The fourth-order valence-corrected chi connectivity index (χ4v) is 2.60. The van der Waals surface area contributed by atoms with Crippen molar-refractivity contribution in [2.45, 2.75) is 13.8 Å². The maximum absolute atomic E-state index is 11.4. The summed E-state index contributed by atoms with van der Waals surface area (Å²) in [4.78, 5) is 13.2. The number of halogens is 1. The molecule has 0 saturated carbocycles. The second-order valence-corrected chi connectivity index (χ2v) is 5.25. The normalized spacial score (nSPS) is 10.4. The maximum Gasteiger partial charge on any atom is 0.337 e. The molecule has 0 amide bonds. The largest absolute Gasteiger partial charge is 0.478 e. The third kappa shape index (κ3) is 2.78. The highest BCUT2D eigenvalue weighted by atomic mass is 35.5. The Bertz CT molecular complexity index is 647. The van der Waals surface area contributed by atoms with Crippen molar-refractivity contribution in [3.8, 4) is 0 Å². The fourth-order valence-electron chi connectivity index (χ4n) is 2.30. The molecule has 0 heterocycles. The van der Waals surface area contributed by atoms with E-state index in [1.54, 1.807) is 18.2 Å². The second-order valence-electron chi connectivity index (χ2n) is 4.85. The standard InChI is InChI=1S/C16H16ClNO2/c1-10-7-11(2)9-12(8-10)18(3)15-13(16(19)20)5-4-6-14(15)17/h4-9H,1-3H3,(H,19,20). The van der Waals surface area contributed by atoms with Crippen LogP contribution in [0, 0.1) is 13.8 Å². The van der Waals surface area contributed by atoms with Gasteiger partial charge in [0.05, 0.1) is 16.3 Å². The predicted molar refractivity (Wildman–Crippen MR) is 82.4 cm³/mol. The van der Waals surface area contributed by atoms with Gasteiger partial charge in [-0.15, -0.1) is 0 Å². The molecule has 0 unspecified atom stereocenters. The van der Waals surface area contributed by atoms with Crippen LogP contribution in [0.5, 0.6) is 0 Å².